The third-order valence-corrected chi connectivity index (χ3v) is 1.05. The van der Waals surface area contributed by atoms with Gasteiger partial charge in [0.2, 0.25) is 5.15 Å². The van der Waals surface area contributed by atoms with Crippen LogP contribution >= 0.6 is 23.2 Å². The van der Waals surface area contributed by atoms with Crippen LogP contribution < -0.4 is 5.63 Å². The van der Waals surface area contributed by atoms with E-state index in [-0.39, 0.29) is 10.3 Å². The van der Waals surface area contributed by atoms with Crippen molar-refractivity contribution >= 4 is 23.2 Å². The molecule has 3 nitrogen and oxygen atoms in total. The van der Waals surface area contributed by atoms with Crippen LogP contribution in [0.3, 0.4) is 0 Å². The third-order valence-electron chi connectivity index (χ3n) is 0.637. The topological polar surface area (TPSA) is 43.1 Å². The molecule has 0 radical (unpaired) electrons. The summed E-state index contributed by atoms with van der Waals surface area (Å²) >= 11 is 10.5. The van der Waals surface area contributed by atoms with Crippen molar-refractivity contribution in [2.45, 2.75) is 0 Å². The van der Waals surface area contributed by atoms with Gasteiger partial charge in [-0.2, -0.15) is 0 Å². The Kier molecular flexibility index (Phi) is 1.73. The van der Waals surface area contributed by atoms with E-state index in [0.717, 1.165) is 6.26 Å². The van der Waals surface area contributed by atoms with E-state index in [1.807, 2.05) is 0 Å². The summed E-state index contributed by atoms with van der Waals surface area (Å²) in [6.07, 6.45) is 1.02. The van der Waals surface area contributed by atoms with E-state index < -0.39 is 5.63 Å². The number of hydrogen-bond acceptors (Lipinski definition) is 3. The van der Waals surface area contributed by atoms with E-state index in [4.69, 9.17) is 23.2 Å². The van der Waals surface area contributed by atoms with E-state index in [9.17, 15) is 4.79 Å². The molecule has 0 N–H and O–H groups in total. The molecular formula is C4HCl2NO2. The normalized spacial score (nSPS) is 9.56. The summed E-state index contributed by atoms with van der Waals surface area (Å²) in [6, 6.07) is 0. The smallest absolute Gasteiger partial charge is 0.373 e. The van der Waals surface area contributed by atoms with Crippen LogP contribution in [0.15, 0.2) is 15.5 Å². The number of aromatic nitrogens is 1. The molecule has 1 aromatic heterocycles. The van der Waals surface area contributed by atoms with Crippen molar-refractivity contribution in [1.82, 2.24) is 4.98 Å². The average Bonchev–Trinajstić information content (AvgIpc) is 1.80. The summed E-state index contributed by atoms with van der Waals surface area (Å²) in [6.45, 7) is 0. The molecule has 0 aromatic carbocycles. The fourth-order valence-electron chi connectivity index (χ4n) is 0.317. The predicted molar refractivity (Wildman–Crippen MR) is 32.8 cm³/mol. The van der Waals surface area contributed by atoms with Crippen LogP contribution in [0.5, 0.6) is 0 Å². The molecule has 0 bridgehead atoms. The second-order valence-corrected chi connectivity index (χ2v) is 1.99. The molecule has 1 heterocycles. The van der Waals surface area contributed by atoms with Gasteiger partial charge in [-0.1, -0.05) is 23.2 Å². The molecule has 48 valence electrons. The van der Waals surface area contributed by atoms with Gasteiger partial charge in [0.15, 0.2) is 5.15 Å². The lowest BCUT2D eigenvalue weighted by Gasteiger charge is -1.85. The van der Waals surface area contributed by atoms with Gasteiger partial charge >= 0.3 is 5.63 Å². The Balaban J connectivity index is 3.34. The molecule has 0 unspecified atom stereocenters. The quantitative estimate of drug-likeness (QED) is 0.583. The first kappa shape index (κ1) is 6.58. The van der Waals surface area contributed by atoms with Crippen molar-refractivity contribution in [3.05, 3.63) is 27.0 Å². The summed E-state index contributed by atoms with van der Waals surface area (Å²) in [4.78, 5) is 13.7. The second-order valence-electron chi connectivity index (χ2n) is 1.25. The number of rotatable bonds is 0. The molecule has 0 aliphatic carbocycles. The van der Waals surface area contributed by atoms with Gasteiger partial charge in [-0.3, -0.25) is 0 Å². The van der Waals surface area contributed by atoms with Crippen LogP contribution in [-0.4, -0.2) is 4.98 Å². The van der Waals surface area contributed by atoms with Gasteiger partial charge in [0.1, 0.15) is 6.26 Å². The van der Waals surface area contributed by atoms with Gasteiger partial charge in [-0.25, -0.2) is 9.78 Å². The second kappa shape index (κ2) is 2.37. The van der Waals surface area contributed by atoms with E-state index in [1.54, 1.807) is 0 Å². The van der Waals surface area contributed by atoms with Crippen LogP contribution in [0.25, 0.3) is 0 Å². The molecule has 0 aliphatic heterocycles. The highest BCUT2D eigenvalue weighted by Crippen LogP contribution is 2.03. The first-order valence-electron chi connectivity index (χ1n) is 2.01. The van der Waals surface area contributed by atoms with Gasteiger partial charge in [0.25, 0.3) is 0 Å². The van der Waals surface area contributed by atoms with Crippen molar-refractivity contribution in [1.29, 1.82) is 0 Å². The highest BCUT2D eigenvalue weighted by atomic mass is 35.5. The molecule has 1 aromatic rings. The monoisotopic (exact) mass is 165 g/mol. The summed E-state index contributed by atoms with van der Waals surface area (Å²) in [5.41, 5.74) is -0.680. The maximum absolute atomic E-state index is 10.4. The van der Waals surface area contributed by atoms with Crippen LogP contribution in [0.2, 0.25) is 10.3 Å². The SMILES string of the molecule is O=c1occ(Cl)nc1Cl. The van der Waals surface area contributed by atoms with Gasteiger partial charge in [-0.15, -0.1) is 0 Å². The minimum atomic E-state index is -0.680. The largest absolute Gasteiger partial charge is 0.426 e. The van der Waals surface area contributed by atoms with Crippen molar-refractivity contribution in [2.75, 3.05) is 0 Å². The Morgan fingerprint density at radius 2 is 2.22 bits per heavy atom. The zero-order valence-electron chi connectivity index (χ0n) is 4.10. The predicted octanol–water partition coefficient (Wildman–Crippen LogP) is 1.34. The van der Waals surface area contributed by atoms with Gasteiger partial charge < -0.3 is 4.42 Å². The van der Waals surface area contributed by atoms with Crippen LogP contribution in [0, 0.1) is 0 Å². The van der Waals surface area contributed by atoms with Crippen molar-refractivity contribution in [3.8, 4) is 0 Å². The molecule has 0 aliphatic rings. The van der Waals surface area contributed by atoms with Crippen molar-refractivity contribution in [3.63, 3.8) is 0 Å². The minimum absolute atomic E-state index is 0.0691. The zero-order valence-corrected chi connectivity index (χ0v) is 5.61. The number of halogens is 2. The van der Waals surface area contributed by atoms with E-state index in [0.29, 0.717) is 0 Å². The first-order chi connectivity index (χ1) is 4.20. The number of nitrogens with zero attached hydrogens (tertiary/aromatic N) is 1. The lowest BCUT2D eigenvalue weighted by molar-refractivity contribution is 0.503. The summed E-state index contributed by atoms with van der Waals surface area (Å²) < 4.78 is 4.31. The lowest BCUT2D eigenvalue weighted by Crippen LogP contribution is -1.99. The fourth-order valence-corrected chi connectivity index (χ4v) is 0.624. The third kappa shape index (κ3) is 1.43. The molecule has 0 spiro atoms. The Morgan fingerprint density at radius 3 is 2.67 bits per heavy atom. The van der Waals surface area contributed by atoms with Crippen molar-refractivity contribution in [2.24, 2.45) is 0 Å². The molecule has 5 heteroatoms. The Morgan fingerprint density at radius 1 is 1.56 bits per heavy atom. The zero-order chi connectivity index (χ0) is 6.85. The van der Waals surface area contributed by atoms with Crippen LogP contribution in [-0.2, 0) is 0 Å². The summed E-state index contributed by atoms with van der Waals surface area (Å²) in [5.74, 6) is 0. The van der Waals surface area contributed by atoms with Crippen molar-refractivity contribution < 1.29 is 4.42 Å². The maximum atomic E-state index is 10.4. The number of hydrogen-bond donors (Lipinski definition) is 0. The van der Waals surface area contributed by atoms with Gasteiger partial charge in [0.05, 0.1) is 0 Å². The molecule has 1 rings (SSSR count). The van der Waals surface area contributed by atoms with E-state index >= 15 is 0 Å². The minimum Gasteiger partial charge on any atom is -0.426 e. The Bertz CT molecular complexity index is 270. The molecule has 0 fully saturated rings. The van der Waals surface area contributed by atoms with E-state index in [2.05, 4.69) is 9.40 Å². The fraction of sp³-hybridized carbons (Fsp3) is 0. The molecule has 0 amide bonds. The van der Waals surface area contributed by atoms with E-state index in [1.165, 1.54) is 0 Å². The molecule has 0 atom stereocenters. The highest BCUT2D eigenvalue weighted by Gasteiger charge is 1.97. The lowest BCUT2D eigenvalue weighted by atomic mass is 10.8. The molecular weight excluding hydrogens is 165 g/mol. The Labute approximate surface area is 60.2 Å². The van der Waals surface area contributed by atoms with Crippen LogP contribution in [0.4, 0.5) is 0 Å². The summed E-state index contributed by atoms with van der Waals surface area (Å²) in [5, 5.41) is -0.179. The van der Waals surface area contributed by atoms with Gasteiger partial charge in [-0.05, 0) is 0 Å². The van der Waals surface area contributed by atoms with Gasteiger partial charge in [0, 0.05) is 0 Å². The standard InChI is InChI=1S/C4HCl2NO2/c5-2-1-9-4(8)3(6)7-2/h1H. The molecule has 0 saturated heterocycles. The molecule has 9 heavy (non-hydrogen) atoms. The highest BCUT2D eigenvalue weighted by molar-refractivity contribution is 6.31. The van der Waals surface area contributed by atoms with Crippen LogP contribution in [0.1, 0.15) is 0 Å². The maximum Gasteiger partial charge on any atom is 0.373 e. The Hall–Kier alpha value is -0.540. The average molecular weight is 166 g/mol. The first-order valence-corrected chi connectivity index (χ1v) is 2.76. The summed E-state index contributed by atoms with van der Waals surface area (Å²) in [7, 11) is 0. The molecule has 0 saturated carbocycles.